The second-order valence-electron chi connectivity index (χ2n) is 17.0. The smallest absolute Gasteiger partial charge is 0.0701 e. The quantitative estimate of drug-likeness (QED) is 0.162. The third-order valence-corrected chi connectivity index (χ3v) is 13.7. The van der Waals surface area contributed by atoms with Crippen LogP contribution in [0.4, 0.5) is 0 Å². The molecule has 0 fully saturated rings. The Morgan fingerprint density at radius 3 is 1.11 bits per heavy atom. The third kappa shape index (κ3) is 5.46. The van der Waals surface area contributed by atoms with Crippen LogP contribution in [-0.2, 0) is 0 Å². The number of hydrogen-bond acceptors (Lipinski definition) is 1. The first-order valence-corrected chi connectivity index (χ1v) is 21.9. The average molecular weight is 798 g/mol. The molecule has 0 aliphatic carbocycles. The van der Waals surface area contributed by atoms with Crippen molar-refractivity contribution in [3.8, 4) is 44.6 Å². The van der Waals surface area contributed by atoms with Crippen molar-refractivity contribution in [3.05, 3.63) is 224 Å². The number of nitrogens with zero attached hydrogens (tertiary/aromatic N) is 1. The van der Waals surface area contributed by atoms with Gasteiger partial charge in [0.2, 0.25) is 0 Å². The molecule has 1 heterocycles. The molecular weight excluding hydrogens is 759 g/mol. The minimum atomic E-state index is 0.976. The lowest BCUT2D eigenvalue weighted by Crippen LogP contribution is -1.94. The molecule has 0 saturated carbocycles. The summed E-state index contributed by atoms with van der Waals surface area (Å²) in [6.07, 6.45) is 1.86. The Kier molecular flexibility index (Phi) is 7.89. The van der Waals surface area contributed by atoms with Gasteiger partial charge in [-0.25, -0.2) is 0 Å². The van der Waals surface area contributed by atoms with Gasteiger partial charge in [0.1, 0.15) is 0 Å². The Morgan fingerprint density at radius 2 is 0.635 bits per heavy atom. The monoisotopic (exact) mass is 797 g/mol. The highest BCUT2D eigenvalue weighted by molar-refractivity contribution is 6.28. The van der Waals surface area contributed by atoms with Gasteiger partial charge in [0.15, 0.2) is 0 Å². The lowest BCUT2D eigenvalue weighted by Gasteiger charge is -2.20. The SMILES string of the molecule is Cc1c(-c2ccc(-c3ccccn3)cc2)cc(-c2ccc3c4ccccc4c4ccccc4c3c2)c2cc(-c3ccc4c5ccccc5c5ccccc5c4c3)c3ccccc3c12. The third-order valence-electron chi connectivity index (χ3n) is 13.7. The molecule has 0 atom stereocenters. The van der Waals surface area contributed by atoms with Crippen LogP contribution >= 0.6 is 0 Å². The van der Waals surface area contributed by atoms with E-state index in [4.69, 9.17) is 0 Å². The summed E-state index contributed by atoms with van der Waals surface area (Å²) < 4.78 is 0. The summed E-state index contributed by atoms with van der Waals surface area (Å²) in [5, 5.41) is 20.4. The molecule has 63 heavy (non-hydrogen) atoms. The van der Waals surface area contributed by atoms with E-state index in [1.54, 1.807) is 0 Å². The highest BCUT2D eigenvalue weighted by atomic mass is 14.7. The van der Waals surface area contributed by atoms with E-state index in [-0.39, 0.29) is 0 Å². The van der Waals surface area contributed by atoms with Crippen molar-refractivity contribution < 1.29 is 0 Å². The van der Waals surface area contributed by atoms with Crippen LogP contribution in [0.25, 0.3) is 131 Å². The molecule has 13 aromatic rings. The molecule has 0 N–H and O–H groups in total. The first-order chi connectivity index (χ1) is 31.2. The van der Waals surface area contributed by atoms with Crippen LogP contribution in [-0.4, -0.2) is 4.98 Å². The van der Waals surface area contributed by atoms with Crippen LogP contribution in [0.15, 0.2) is 219 Å². The fourth-order valence-corrected chi connectivity index (χ4v) is 10.7. The van der Waals surface area contributed by atoms with Crippen molar-refractivity contribution in [2.24, 2.45) is 0 Å². The molecule has 0 aliphatic heterocycles. The van der Waals surface area contributed by atoms with Crippen LogP contribution in [0.1, 0.15) is 5.56 Å². The molecule has 0 aliphatic rings. The summed E-state index contributed by atoms with van der Waals surface area (Å²) in [6, 6.07) is 78.7. The summed E-state index contributed by atoms with van der Waals surface area (Å²) in [5.41, 5.74) is 10.7. The molecule has 0 spiro atoms. The molecule has 1 aromatic heterocycles. The van der Waals surface area contributed by atoms with Crippen molar-refractivity contribution in [1.29, 1.82) is 0 Å². The van der Waals surface area contributed by atoms with E-state index in [9.17, 15) is 0 Å². The average Bonchev–Trinajstić information content (AvgIpc) is 3.36. The number of hydrogen-bond donors (Lipinski definition) is 0. The number of aromatic nitrogens is 1. The molecule has 0 radical (unpaired) electrons. The van der Waals surface area contributed by atoms with Crippen LogP contribution in [0.5, 0.6) is 0 Å². The molecule has 0 unspecified atom stereocenters. The Hall–Kier alpha value is -8.13. The lowest BCUT2D eigenvalue weighted by atomic mass is 9.83. The molecule has 0 amide bonds. The Morgan fingerprint density at radius 1 is 0.254 bits per heavy atom. The summed E-state index contributed by atoms with van der Waals surface area (Å²) in [7, 11) is 0. The van der Waals surface area contributed by atoms with Crippen LogP contribution in [0, 0.1) is 6.92 Å². The maximum absolute atomic E-state index is 4.64. The molecule has 0 saturated heterocycles. The van der Waals surface area contributed by atoms with Gasteiger partial charge >= 0.3 is 0 Å². The molecule has 1 heteroatoms. The van der Waals surface area contributed by atoms with Gasteiger partial charge in [0, 0.05) is 11.8 Å². The van der Waals surface area contributed by atoms with E-state index in [1.807, 2.05) is 18.3 Å². The van der Waals surface area contributed by atoms with Gasteiger partial charge in [-0.05, 0) is 168 Å². The predicted molar refractivity (Wildman–Crippen MR) is 271 cm³/mol. The normalized spacial score (nSPS) is 11.9. The second-order valence-corrected chi connectivity index (χ2v) is 17.0. The van der Waals surface area contributed by atoms with Gasteiger partial charge < -0.3 is 0 Å². The first-order valence-electron chi connectivity index (χ1n) is 21.9. The molecule has 0 bridgehead atoms. The number of fused-ring (bicyclic) bond motifs is 15. The van der Waals surface area contributed by atoms with Crippen molar-refractivity contribution in [3.63, 3.8) is 0 Å². The van der Waals surface area contributed by atoms with E-state index in [2.05, 4.69) is 212 Å². The summed E-state index contributed by atoms with van der Waals surface area (Å²) >= 11 is 0. The first kappa shape index (κ1) is 35.6. The maximum atomic E-state index is 4.64. The Balaban J connectivity index is 1.12. The molecule has 292 valence electrons. The van der Waals surface area contributed by atoms with Crippen molar-refractivity contribution in [2.45, 2.75) is 6.92 Å². The minimum Gasteiger partial charge on any atom is -0.256 e. The van der Waals surface area contributed by atoms with Gasteiger partial charge in [-0.15, -0.1) is 0 Å². The predicted octanol–water partition coefficient (Wildman–Crippen LogP) is 17.3. The highest BCUT2D eigenvalue weighted by Crippen LogP contribution is 2.47. The maximum Gasteiger partial charge on any atom is 0.0701 e. The standard InChI is InChI=1S/C62H39N/c1-38-55(39-25-27-40(28-26-39)61-24-12-13-33-63-61)36-57(42-30-32-53-48-19-5-3-15-44(48)46-17-7-9-21-50(46)59(53)35-42)60-37-56(51-22-10-11-23-54(51)62(38)60)41-29-31-52-47-18-4-2-14-43(47)45-16-6-8-20-49(45)58(52)34-41/h2-37H,1H3. The summed E-state index contributed by atoms with van der Waals surface area (Å²) in [5.74, 6) is 0. The van der Waals surface area contributed by atoms with Crippen molar-refractivity contribution in [1.82, 2.24) is 4.98 Å². The van der Waals surface area contributed by atoms with E-state index < -0.39 is 0 Å². The van der Waals surface area contributed by atoms with Crippen molar-refractivity contribution >= 4 is 86.2 Å². The van der Waals surface area contributed by atoms with Gasteiger partial charge in [0.05, 0.1) is 5.69 Å². The van der Waals surface area contributed by atoms with Crippen molar-refractivity contribution in [2.75, 3.05) is 0 Å². The fraction of sp³-hybridized carbons (Fsp3) is 0.0161. The summed E-state index contributed by atoms with van der Waals surface area (Å²) in [6.45, 7) is 2.31. The zero-order valence-electron chi connectivity index (χ0n) is 34.7. The van der Waals surface area contributed by atoms with Gasteiger partial charge in [-0.1, -0.05) is 176 Å². The highest BCUT2D eigenvalue weighted by Gasteiger charge is 2.20. The van der Waals surface area contributed by atoms with E-state index in [1.165, 1.54) is 125 Å². The fourth-order valence-electron chi connectivity index (χ4n) is 10.7. The zero-order chi connectivity index (χ0) is 41.6. The lowest BCUT2D eigenvalue weighted by molar-refractivity contribution is 1.33. The Bertz CT molecular complexity index is 3940. The topological polar surface area (TPSA) is 12.9 Å². The number of rotatable bonds is 4. The number of aryl methyl sites for hydroxylation is 1. The summed E-state index contributed by atoms with van der Waals surface area (Å²) in [4.78, 5) is 4.64. The van der Waals surface area contributed by atoms with Gasteiger partial charge in [0.25, 0.3) is 0 Å². The second kappa shape index (κ2) is 14.0. The van der Waals surface area contributed by atoms with Gasteiger partial charge in [-0.3, -0.25) is 4.98 Å². The molecule has 1 nitrogen and oxygen atoms in total. The minimum absolute atomic E-state index is 0.976. The van der Waals surface area contributed by atoms with Crippen LogP contribution in [0.2, 0.25) is 0 Å². The van der Waals surface area contributed by atoms with Gasteiger partial charge in [-0.2, -0.15) is 0 Å². The van der Waals surface area contributed by atoms with Crippen LogP contribution < -0.4 is 0 Å². The zero-order valence-corrected chi connectivity index (χ0v) is 34.7. The van der Waals surface area contributed by atoms with E-state index in [0.29, 0.717) is 0 Å². The number of benzene rings is 12. The molecule has 12 aromatic carbocycles. The van der Waals surface area contributed by atoms with Crippen LogP contribution in [0.3, 0.4) is 0 Å². The molecular formula is C62H39N. The van der Waals surface area contributed by atoms with E-state index in [0.717, 1.165) is 11.3 Å². The van der Waals surface area contributed by atoms with E-state index >= 15 is 0 Å². The number of pyridine rings is 1. The Labute approximate surface area is 365 Å². The molecule has 13 rings (SSSR count). The largest absolute Gasteiger partial charge is 0.256 e.